The Balaban J connectivity index is 2.76. The minimum absolute atomic E-state index is 0.00736. The number of rotatable bonds is 1. The standard InChI is InChI=1S/C12H19N/c1-11(2,3)10(8-13)6-9-7-12(9,4)5/h6,9H,7H2,1-5H3/b10-6-. The topological polar surface area (TPSA) is 23.8 Å². The molecule has 0 N–H and O–H groups in total. The van der Waals surface area contributed by atoms with Gasteiger partial charge in [-0.25, -0.2) is 0 Å². The molecule has 1 heteroatoms. The number of nitriles is 1. The van der Waals surface area contributed by atoms with Gasteiger partial charge in [0.05, 0.1) is 6.07 Å². The van der Waals surface area contributed by atoms with Gasteiger partial charge in [-0.1, -0.05) is 40.7 Å². The number of nitrogens with zero attached hydrogens (tertiary/aromatic N) is 1. The van der Waals surface area contributed by atoms with Gasteiger partial charge >= 0.3 is 0 Å². The molecular weight excluding hydrogens is 158 g/mol. The maximum absolute atomic E-state index is 8.99. The predicted octanol–water partition coefficient (Wildman–Crippen LogP) is 3.53. The highest BCUT2D eigenvalue weighted by atomic mass is 14.5. The summed E-state index contributed by atoms with van der Waals surface area (Å²) >= 11 is 0. The summed E-state index contributed by atoms with van der Waals surface area (Å²) in [6.45, 7) is 10.8. The van der Waals surface area contributed by atoms with Crippen LogP contribution < -0.4 is 0 Å². The summed E-state index contributed by atoms with van der Waals surface area (Å²) in [7, 11) is 0. The van der Waals surface area contributed by atoms with Crippen LogP contribution in [0.2, 0.25) is 0 Å². The van der Waals surface area contributed by atoms with Crippen LogP contribution in [0.4, 0.5) is 0 Å². The molecule has 0 aromatic carbocycles. The van der Waals surface area contributed by atoms with Crippen molar-refractivity contribution in [3.63, 3.8) is 0 Å². The van der Waals surface area contributed by atoms with Crippen LogP contribution in [-0.2, 0) is 0 Å². The monoisotopic (exact) mass is 177 g/mol. The molecule has 0 aromatic heterocycles. The van der Waals surface area contributed by atoms with E-state index >= 15 is 0 Å². The first-order valence-electron chi connectivity index (χ1n) is 4.90. The molecule has 1 aliphatic carbocycles. The first kappa shape index (κ1) is 10.3. The highest BCUT2D eigenvalue weighted by Gasteiger charge is 2.44. The molecule has 1 nitrogen and oxygen atoms in total. The van der Waals surface area contributed by atoms with Crippen molar-refractivity contribution < 1.29 is 0 Å². The zero-order chi connectivity index (χ0) is 10.3. The predicted molar refractivity (Wildman–Crippen MR) is 55.0 cm³/mol. The van der Waals surface area contributed by atoms with Gasteiger partial charge in [-0.15, -0.1) is 0 Å². The number of allylic oxidation sites excluding steroid dienone is 2. The molecule has 0 spiro atoms. The molecule has 0 saturated heterocycles. The lowest BCUT2D eigenvalue weighted by atomic mass is 9.86. The van der Waals surface area contributed by atoms with Crippen molar-refractivity contribution in [2.45, 2.75) is 41.0 Å². The molecule has 0 aliphatic heterocycles. The molecular formula is C12H19N. The fourth-order valence-corrected chi connectivity index (χ4v) is 1.45. The van der Waals surface area contributed by atoms with Crippen LogP contribution in [0, 0.1) is 28.1 Å². The third-order valence-electron chi connectivity index (χ3n) is 2.89. The minimum Gasteiger partial charge on any atom is -0.193 e. The van der Waals surface area contributed by atoms with E-state index in [4.69, 9.17) is 5.26 Å². The largest absolute Gasteiger partial charge is 0.193 e. The molecule has 1 atom stereocenters. The van der Waals surface area contributed by atoms with E-state index in [-0.39, 0.29) is 5.41 Å². The molecule has 0 heterocycles. The summed E-state index contributed by atoms with van der Waals surface area (Å²) in [6.07, 6.45) is 3.40. The fraction of sp³-hybridized carbons (Fsp3) is 0.750. The van der Waals surface area contributed by atoms with Crippen molar-refractivity contribution in [1.82, 2.24) is 0 Å². The summed E-state index contributed by atoms with van der Waals surface area (Å²) < 4.78 is 0. The van der Waals surface area contributed by atoms with Gasteiger partial charge < -0.3 is 0 Å². The molecule has 72 valence electrons. The maximum atomic E-state index is 8.99. The number of hydrogen-bond donors (Lipinski definition) is 0. The van der Waals surface area contributed by atoms with E-state index in [2.05, 4.69) is 46.8 Å². The third kappa shape index (κ3) is 2.34. The normalized spacial score (nSPS) is 26.8. The quantitative estimate of drug-likeness (QED) is 0.562. The molecule has 0 aromatic rings. The van der Waals surface area contributed by atoms with E-state index in [0.29, 0.717) is 11.3 Å². The second kappa shape index (κ2) is 2.87. The Morgan fingerprint density at radius 2 is 1.92 bits per heavy atom. The zero-order valence-corrected chi connectivity index (χ0v) is 9.31. The van der Waals surface area contributed by atoms with Crippen LogP contribution in [-0.4, -0.2) is 0 Å². The molecule has 0 bridgehead atoms. The van der Waals surface area contributed by atoms with Crippen molar-refractivity contribution in [3.8, 4) is 6.07 Å². The van der Waals surface area contributed by atoms with E-state index < -0.39 is 0 Å². The van der Waals surface area contributed by atoms with Crippen molar-refractivity contribution in [2.75, 3.05) is 0 Å². The second-order valence-electron chi connectivity index (χ2n) is 5.74. The van der Waals surface area contributed by atoms with E-state index in [0.717, 1.165) is 5.57 Å². The van der Waals surface area contributed by atoms with E-state index in [1.54, 1.807) is 0 Å². The third-order valence-corrected chi connectivity index (χ3v) is 2.89. The molecule has 1 saturated carbocycles. The van der Waals surface area contributed by atoms with E-state index in [1.807, 2.05) is 0 Å². The fourth-order valence-electron chi connectivity index (χ4n) is 1.45. The zero-order valence-electron chi connectivity index (χ0n) is 9.31. The van der Waals surface area contributed by atoms with Crippen molar-refractivity contribution >= 4 is 0 Å². The van der Waals surface area contributed by atoms with Crippen LogP contribution in [0.3, 0.4) is 0 Å². The van der Waals surface area contributed by atoms with Gasteiger partial charge in [0, 0.05) is 5.57 Å². The van der Waals surface area contributed by atoms with Crippen LogP contribution >= 0.6 is 0 Å². The molecule has 0 amide bonds. The lowest BCUT2D eigenvalue weighted by Crippen LogP contribution is -2.08. The van der Waals surface area contributed by atoms with Crippen molar-refractivity contribution in [2.24, 2.45) is 16.7 Å². The van der Waals surface area contributed by atoms with Gasteiger partial charge in [-0.2, -0.15) is 5.26 Å². The summed E-state index contributed by atoms with van der Waals surface area (Å²) in [5, 5.41) is 8.99. The summed E-state index contributed by atoms with van der Waals surface area (Å²) in [4.78, 5) is 0. The molecule has 1 unspecified atom stereocenters. The van der Waals surface area contributed by atoms with Gasteiger partial charge in [0.15, 0.2) is 0 Å². The smallest absolute Gasteiger partial charge is 0.0949 e. The lowest BCUT2D eigenvalue weighted by Gasteiger charge is -2.17. The van der Waals surface area contributed by atoms with Crippen molar-refractivity contribution in [1.29, 1.82) is 5.26 Å². The first-order valence-corrected chi connectivity index (χ1v) is 4.90. The Morgan fingerprint density at radius 1 is 1.46 bits per heavy atom. The summed E-state index contributed by atoms with van der Waals surface area (Å²) in [5.41, 5.74) is 1.38. The minimum atomic E-state index is 0.00736. The van der Waals surface area contributed by atoms with Gasteiger partial charge in [0.1, 0.15) is 0 Å². The lowest BCUT2D eigenvalue weighted by molar-refractivity contribution is 0.512. The Bertz CT molecular complexity index is 270. The Hall–Kier alpha value is -0.770. The maximum Gasteiger partial charge on any atom is 0.0949 e. The molecule has 1 rings (SSSR count). The molecule has 1 fully saturated rings. The first-order chi connectivity index (χ1) is 5.77. The second-order valence-corrected chi connectivity index (χ2v) is 5.74. The Morgan fingerprint density at radius 3 is 2.15 bits per heavy atom. The Labute approximate surface area is 81.5 Å². The average molecular weight is 177 g/mol. The highest BCUT2D eigenvalue weighted by Crippen LogP contribution is 2.53. The van der Waals surface area contributed by atoms with Gasteiger partial charge in [-0.05, 0) is 23.2 Å². The van der Waals surface area contributed by atoms with Crippen LogP contribution in [0.5, 0.6) is 0 Å². The van der Waals surface area contributed by atoms with E-state index in [9.17, 15) is 0 Å². The van der Waals surface area contributed by atoms with Gasteiger partial charge in [-0.3, -0.25) is 0 Å². The average Bonchev–Trinajstić information content (AvgIpc) is 2.51. The van der Waals surface area contributed by atoms with Gasteiger partial charge in [0.25, 0.3) is 0 Å². The molecule has 1 aliphatic rings. The van der Waals surface area contributed by atoms with Crippen LogP contribution in [0.1, 0.15) is 41.0 Å². The summed E-state index contributed by atoms with van der Waals surface area (Å²) in [6, 6.07) is 2.31. The van der Waals surface area contributed by atoms with Crippen molar-refractivity contribution in [3.05, 3.63) is 11.6 Å². The summed E-state index contributed by atoms with van der Waals surface area (Å²) in [5.74, 6) is 0.626. The SMILES string of the molecule is CC(C)(C)/C(C#N)=C\C1CC1(C)C. The van der Waals surface area contributed by atoms with E-state index in [1.165, 1.54) is 6.42 Å². The Kier molecular flexibility index (Phi) is 2.28. The van der Waals surface area contributed by atoms with Gasteiger partial charge in [0.2, 0.25) is 0 Å². The molecule has 0 radical (unpaired) electrons. The number of hydrogen-bond acceptors (Lipinski definition) is 1. The molecule has 13 heavy (non-hydrogen) atoms. The van der Waals surface area contributed by atoms with Crippen LogP contribution in [0.15, 0.2) is 11.6 Å². The highest BCUT2D eigenvalue weighted by molar-refractivity contribution is 5.30. The van der Waals surface area contributed by atoms with Crippen LogP contribution in [0.25, 0.3) is 0 Å².